The van der Waals surface area contributed by atoms with Crippen LogP contribution in [0.25, 0.3) is 0 Å². The summed E-state index contributed by atoms with van der Waals surface area (Å²) in [6.45, 7) is 0.638. The van der Waals surface area contributed by atoms with E-state index in [0.717, 1.165) is 25.7 Å². The zero-order valence-corrected chi connectivity index (χ0v) is 9.07. The Kier molecular flexibility index (Phi) is 3.30. The van der Waals surface area contributed by atoms with Crippen molar-refractivity contribution in [1.82, 2.24) is 0 Å². The van der Waals surface area contributed by atoms with E-state index >= 15 is 0 Å². The third kappa shape index (κ3) is 2.18. The van der Waals surface area contributed by atoms with Crippen LogP contribution in [-0.4, -0.2) is 42.4 Å². The maximum absolute atomic E-state index is 9.21. The first-order valence-corrected chi connectivity index (χ1v) is 5.74. The van der Waals surface area contributed by atoms with Crippen molar-refractivity contribution in [3.8, 4) is 0 Å². The molecule has 15 heavy (non-hydrogen) atoms. The molecule has 0 bridgehead atoms. The van der Waals surface area contributed by atoms with Crippen molar-refractivity contribution < 1.29 is 19.7 Å². The van der Waals surface area contributed by atoms with Gasteiger partial charge in [0.25, 0.3) is 0 Å². The Morgan fingerprint density at radius 1 is 0.867 bits per heavy atom. The summed E-state index contributed by atoms with van der Waals surface area (Å²) in [6.07, 6.45) is 5.43. The number of hydrogen-bond acceptors (Lipinski definition) is 4. The zero-order valence-electron chi connectivity index (χ0n) is 9.07. The minimum absolute atomic E-state index is 0.0837. The summed E-state index contributed by atoms with van der Waals surface area (Å²) >= 11 is 0. The monoisotopic (exact) mass is 216 g/mol. The van der Waals surface area contributed by atoms with Gasteiger partial charge in [-0.1, -0.05) is 6.42 Å². The lowest BCUT2D eigenvalue weighted by atomic mass is 9.88. The van der Waals surface area contributed by atoms with Crippen molar-refractivity contribution in [1.29, 1.82) is 0 Å². The number of ether oxygens (including phenoxy) is 2. The van der Waals surface area contributed by atoms with Crippen LogP contribution in [0.15, 0.2) is 0 Å². The summed E-state index contributed by atoms with van der Waals surface area (Å²) in [4.78, 5) is 0. The topological polar surface area (TPSA) is 58.9 Å². The smallest absolute Gasteiger partial charge is 0.168 e. The van der Waals surface area contributed by atoms with Gasteiger partial charge in [-0.05, 0) is 12.8 Å². The second kappa shape index (κ2) is 4.37. The molecule has 2 N–H and O–H groups in total. The largest absolute Gasteiger partial charge is 0.396 e. The standard InChI is InChI=1S/C11H20O4/c12-6-10(7-13)8-14-11(15-9-10)4-2-1-3-5-11/h12-13H,1-9H2. The zero-order chi connectivity index (χ0) is 10.8. The molecule has 1 saturated heterocycles. The molecule has 1 saturated carbocycles. The predicted molar refractivity (Wildman–Crippen MR) is 54.3 cm³/mol. The van der Waals surface area contributed by atoms with Crippen LogP contribution in [0, 0.1) is 5.41 Å². The van der Waals surface area contributed by atoms with Gasteiger partial charge in [-0.15, -0.1) is 0 Å². The summed E-state index contributed by atoms with van der Waals surface area (Å²) in [5.41, 5.74) is -0.595. The molecule has 2 aliphatic rings. The van der Waals surface area contributed by atoms with Gasteiger partial charge in [0.15, 0.2) is 5.79 Å². The molecule has 0 amide bonds. The molecule has 1 aliphatic heterocycles. The van der Waals surface area contributed by atoms with Crippen LogP contribution in [0.2, 0.25) is 0 Å². The van der Waals surface area contributed by atoms with Crippen molar-refractivity contribution in [2.24, 2.45) is 5.41 Å². The molecule has 1 spiro atoms. The van der Waals surface area contributed by atoms with E-state index in [4.69, 9.17) is 9.47 Å². The Morgan fingerprint density at radius 3 is 1.87 bits per heavy atom. The fraction of sp³-hybridized carbons (Fsp3) is 1.00. The molecular formula is C11H20O4. The van der Waals surface area contributed by atoms with E-state index in [-0.39, 0.29) is 13.2 Å². The highest BCUT2D eigenvalue weighted by Crippen LogP contribution is 2.39. The van der Waals surface area contributed by atoms with Crippen molar-refractivity contribution >= 4 is 0 Å². The molecule has 0 aromatic heterocycles. The Labute approximate surface area is 90.2 Å². The van der Waals surface area contributed by atoms with Gasteiger partial charge in [0.1, 0.15) is 0 Å². The number of rotatable bonds is 2. The van der Waals surface area contributed by atoms with Gasteiger partial charge >= 0.3 is 0 Å². The first-order valence-electron chi connectivity index (χ1n) is 5.74. The minimum atomic E-state index is -0.595. The minimum Gasteiger partial charge on any atom is -0.396 e. The fourth-order valence-electron chi connectivity index (χ4n) is 2.26. The van der Waals surface area contributed by atoms with Gasteiger partial charge < -0.3 is 19.7 Å². The molecule has 0 aromatic carbocycles. The summed E-state index contributed by atoms with van der Waals surface area (Å²) in [5.74, 6) is -0.411. The lowest BCUT2D eigenvalue weighted by Gasteiger charge is -2.46. The van der Waals surface area contributed by atoms with Crippen LogP contribution < -0.4 is 0 Å². The van der Waals surface area contributed by atoms with Gasteiger partial charge in [0, 0.05) is 12.8 Å². The van der Waals surface area contributed by atoms with Crippen LogP contribution in [-0.2, 0) is 9.47 Å². The molecular weight excluding hydrogens is 196 g/mol. The Balaban J connectivity index is 1.95. The van der Waals surface area contributed by atoms with E-state index in [1.807, 2.05) is 0 Å². The van der Waals surface area contributed by atoms with E-state index in [0.29, 0.717) is 13.2 Å². The lowest BCUT2D eigenvalue weighted by molar-refractivity contribution is -0.322. The van der Waals surface area contributed by atoms with Crippen LogP contribution in [0.1, 0.15) is 32.1 Å². The molecule has 0 unspecified atom stereocenters. The fourth-order valence-corrected chi connectivity index (χ4v) is 2.26. The van der Waals surface area contributed by atoms with E-state index in [1.165, 1.54) is 6.42 Å². The van der Waals surface area contributed by atoms with Crippen LogP contribution in [0.3, 0.4) is 0 Å². The first kappa shape index (κ1) is 11.3. The van der Waals surface area contributed by atoms with Crippen molar-refractivity contribution in [3.05, 3.63) is 0 Å². The third-order valence-electron chi connectivity index (χ3n) is 3.57. The summed E-state index contributed by atoms with van der Waals surface area (Å²) in [7, 11) is 0. The Morgan fingerprint density at radius 2 is 1.40 bits per heavy atom. The van der Waals surface area contributed by atoms with Gasteiger partial charge in [0.05, 0.1) is 31.8 Å². The summed E-state index contributed by atoms with van der Waals surface area (Å²) in [5, 5.41) is 18.4. The van der Waals surface area contributed by atoms with Crippen molar-refractivity contribution in [2.45, 2.75) is 37.9 Å². The van der Waals surface area contributed by atoms with E-state index < -0.39 is 11.2 Å². The van der Waals surface area contributed by atoms with Crippen molar-refractivity contribution in [2.75, 3.05) is 26.4 Å². The molecule has 4 heteroatoms. The molecule has 2 rings (SSSR count). The number of aliphatic hydroxyl groups is 2. The highest BCUT2D eigenvalue weighted by atomic mass is 16.7. The molecule has 2 fully saturated rings. The lowest BCUT2D eigenvalue weighted by Crippen LogP contribution is -2.53. The SMILES string of the molecule is OCC1(CO)COC2(CCCCC2)OC1. The molecule has 0 atom stereocenters. The van der Waals surface area contributed by atoms with Gasteiger partial charge in [-0.3, -0.25) is 0 Å². The number of hydrogen-bond donors (Lipinski definition) is 2. The molecule has 0 aromatic rings. The Hall–Kier alpha value is -0.160. The molecule has 1 aliphatic carbocycles. The maximum atomic E-state index is 9.21. The quantitative estimate of drug-likeness (QED) is 0.712. The van der Waals surface area contributed by atoms with Crippen molar-refractivity contribution in [3.63, 3.8) is 0 Å². The van der Waals surface area contributed by atoms with E-state index in [1.54, 1.807) is 0 Å². The predicted octanol–water partition coefficient (Wildman–Crippen LogP) is 0.665. The normalized spacial score (nSPS) is 29.2. The first-order chi connectivity index (χ1) is 7.24. The average Bonchev–Trinajstić information content (AvgIpc) is 2.32. The average molecular weight is 216 g/mol. The highest BCUT2D eigenvalue weighted by molar-refractivity contribution is 4.86. The second-order valence-corrected chi connectivity index (χ2v) is 4.86. The maximum Gasteiger partial charge on any atom is 0.168 e. The third-order valence-corrected chi connectivity index (χ3v) is 3.57. The molecule has 88 valence electrons. The van der Waals surface area contributed by atoms with Gasteiger partial charge in [-0.25, -0.2) is 0 Å². The Bertz CT molecular complexity index is 195. The van der Waals surface area contributed by atoms with Crippen LogP contribution in [0.4, 0.5) is 0 Å². The summed E-state index contributed by atoms with van der Waals surface area (Å²) < 4.78 is 11.5. The molecule has 1 heterocycles. The van der Waals surface area contributed by atoms with Gasteiger partial charge in [-0.2, -0.15) is 0 Å². The molecule has 0 radical (unpaired) electrons. The van der Waals surface area contributed by atoms with Crippen LogP contribution in [0.5, 0.6) is 0 Å². The molecule has 4 nitrogen and oxygen atoms in total. The number of aliphatic hydroxyl groups excluding tert-OH is 2. The van der Waals surface area contributed by atoms with E-state index in [2.05, 4.69) is 0 Å². The van der Waals surface area contributed by atoms with Gasteiger partial charge in [0.2, 0.25) is 0 Å². The highest BCUT2D eigenvalue weighted by Gasteiger charge is 2.44. The van der Waals surface area contributed by atoms with Crippen LogP contribution >= 0.6 is 0 Å². The second-order valence-electron chi connectivity index (χ2n) is 4.86. The summed E-state index contributed by atoms with van der Waals surface area (Å²) in [6, 6.07) is 0. The van der Waals surface area contributed by atoms with E-state index in [9.17, 15) is 10.2 Å².